The Labute approximate surface area is 133 Å². The molecule has 0 aromatic heterocycles. The van der Waals surface area contributed by atoms with E-state index in [2.05, 4.69) is 22.0 Å². The topological polar surface area (TPSA) is 87.2 Å². The van der Waals surface area contributed by atoms with Gasteiger partial charge in [0.05, 0.1) is 12.2 Å². The van der Waals surface area contributed by atoms with Gasteiger partial charge in [-0.3, -0.25) is 10.1 Å². The summed E-state index contributed by atoms with van der Waals surface area (Å²) < 4.78 is 0. The van der Waals surface area contributed by atoms with Gasteiger partial charge in [0.1, 0.15) is 0 Å². The number of hydrogen-bond donors (Lipinski definition) is 1. The lowest BCUT2D eigenvalue weighted by Gasteiger charge is -2.30. The number of hydrogen-bond acceptors (Lipinski definition) is 4. The van der Waals surface area contributed by atoms with Crippen molar-refractivity contribution in [3.63, 3.8) is 0 Å². The van der Waals surface area contributed by atoms with Gasteiger partial charge in [0.15, 0.2) is 0 Å². The molecule has 0 spiro atoms. The van der Waals surface area contributed by atoms with Gasteiger partial charge in [-0.25, -0.2) is 0 Å². The van der Waals surface area contributed by atoms with E-state index < -0.39 is 6.04 Å². The molecule has 2 saturated carbocycles. The fourth-order valence-corrected chi connectivity index (χ4v) is 4.10. The minimum absolute atomic E-state index is 0.0195. The average molecular weight is 357 g/mol. The van der Waals surface area contributed by atoms with Crippen LogP contribution in [-0.4, -0.2) is 27.0 Å². The van der Waals surface area contributed by atoms with Crippen LogP contribution in [0.25, 0.3) is 0 Å². The number of aliphatic hydroxyl groups is 1. The summed E-state index contributed by atoms with van der Waals surface area (Å²) in [5, 5.41) is 30.3. The molecule has 0 saturated heterocycles. The first kappa shape index (κ1) is 16.4. The van der Waals surface area contributed by atoms with Gasteiger partial charge in [-0.05, 0) is 38.0 Å². The molecule has 0 aliphatic heterocycles. The van der Waals surface area contributed by atoms with Crippen LogP contribution in [0.1, 0.15) is 44.9 Å². The summed E-state index contributed by atoms with van der Waals surface area (Å²) in [7, 11) is 0. The number of rotatable bonds is 3. The molecule has 116 valence electrons. The number of nitro groups is 1. The van der Waals surface area contributed by atoms with Crippen LogP contribution in [0.5, 0.6) is 0 Å². The molecule has 0 heterocycles. The van der Waals surface area contributed by atoms with E-state index in [0.29, 0.717) is 36.1 Å². The van der Waals surface area contributed by atoms with Crippen LogP contribution in [0.4, 0.5) is 0 Å². The van der Waals surface area contributed by atoms with Crippen LogP contribution < -0.4 is 0 Å². The summed E-state index contributed by atoms with van der Waals surface area (Å²) in [6.07, 6.45) is 6.60. The normalized spacial score (nSPS) is 37.8. The molecule has 5 nitrogen and oxygen atoms in total. The Morgan fingerprint density at radius 3 is 2.52 bits per heavy atom. The average Bonchev–Trinajstić information content (AvgIpc) is 2.48. The van der Waals surface area contributed by atoms with Crippen molar-refractivity contribution in [2.24, 2.45) is 11.8 Å². The summed E-state index contributed by atoms with van der Waals surface area (Å²) in [5.41, 5.74) is 0.711. The highest BCUT2D eigenvalue weighted by Crippen LogP contribution is 2.35. The third kappa shape index (κ3) is 4.27. The molecule has 2 aliphatic rings. The first-order valence-corrected chi connectivity index (χ1v) is 8.50. The maximum absolute atomic E-state index is 10.8. The van der Waals surface area contributed by atoms with E-state index in [-0.39, 0.29) is 22.9 Å². The summed E-state index contributed by atoms with van der Waals surface area (Å²) in [6.45, 7) is 0. The largest absolute Gasteiger partial charge is 0.393 e. The molecule has 0 radical (unpaired) electrons. The fraction of sp³-hybridized carbons (Fsp3) is 0.800. The van der Waals surface area contributed by atoms with Crippen molar-refractivity contribution < 1.29 is 10.0 Å². The molecule has 0 aromatic carbocycles. The standard InChI is InChI=1S/C15H21BrN2O3/c16-13-3-6-15(19)11(8-13)7-12(9-17)10-1-4-14(5-2-10)18(20)21/h7,10-11,13-15,19H,1-6,8H2/b12-7+/t10?,11-,13+,14?,15-/m0/s1. The monoisotopic (exact) mass is 356 g/mol. The van der Waals surface area contributed by atoms with Gasteiger partial charge in [-0.2, -0.15) is 5.26 Å². The number of halogens is 1. The minimum Gasteiger partial charge on any atom is -0.393 e. The Kier molecular flexibility index (Phi) is 5.77. The van der Waals surface area contributed by atoms with E-state index in [0.717, 1.165) is 19.3 Å². The van der Waals surface area contributed by atoms with Crippen molar-refractivity contribution in [1.82, 2.24) is 0 Å². The first-order chi connectivity index (χ1) is 10.0. The van der Waals surface area contributed by atoms with Crippen LogP contribution in [-0.2, 0) is 0 Å². The Hall–Kier alpha value is -0.930. The molecule has 0 aromatic rings. The van der Waals surface area contributed by atoms with Crippen LogP contribution in [0, 0.1) is 33.3 Å². The van der Waals surface area contributed by atoms with Crippen molar-refractivity contribution in [3.8, 4) is 6.07 Å². The molecule has 0 bridgehead atoms. The maximum Gasteiger partial charge on any atom is 0.213 e. The fourth-order valence-electron chi connectivity index (χ4n) is 3.41. The zero-order valence-corrected chi connectivity index (χ0v) is 13.5. The van der Waals surface area contributed by atoms with E-state index in [1.54, 1.807) is 0 Å². The van der Waals surface area contributed by atoms with E-state index in [1.807, 2.05) is 6.08 Å². The zero-order chi connectivity index (χ0) is 15.4. The Balaban J connectivity index is 2.01. The Morgan fingerprint density at radius 1 is 1.29 bits per heavy atom. The molecular weight excluding hydrogens is 336 g/mol. The molecule has 0 amide bonds. The van der Waals surface area contributed by atoms with Crippen molar-refractivity contribution in [1.29, 1.82) is 5.26 Å². The Bertz CT molecular complexity index is 452. The summed E-state index contributed by atoms with van der Waals surface area (Å²) >= 11 is 3.59. The predicted octanol–water partition coefficient (Wildman–Crippen LogP) is 3.20. The highest BCUT2D eigenvalue weighted by molar-refractivity contribution is 9.09. The van der Waals surface area contributed by atoms with Gasteiger partial charge in [-0.1, -0.05) is 22.0 Å². The van der Waals surface area contributed by atoms with Crippen molar-refractivity contribution in [2.45, 2.75) is 61.9 Å². The third-order valence-electron chi connectivity index (χ3n) is 4.76. The highest BCUT2D eigenvalue weighted by atomic mass is 79.9. The number of aliphatic hydroxyl groups excluding tert-OH is 1. The quantitative estimate of drug-likeness (QED) is 0.364. The number of nitriles is 1. The van der Waals surface area contributed by atoms with Gasteiger partial charge in [0.2, 0.25) is 6.04 Å². The maximum atomic E-state index is 10.8. The number of alkyl halides is 1. The summed E-state index contributed by atoms with van der Waals surface area (Å²) in [6, 6.07) is 1.81. The minimum atomic E-state index is -0.451. The number of nitrogens with zero attached hydrogens (tertiary/aromatic N) is 2. The molecule has 6 heteroatoms. The highest BCUT2D eigenvalue weighted by Gasteiger charge is 2.32. The van der Waals surface area contributed by atoms with Gasteiger partial charge < -0.3 is 5.11 Å². The Morgan fingerprint density at radius 2 is 1.95 bits per heavy atom. The molecule has 2 aliphatic carbocycles. The van der Waals surface area contributed by atoms with E-state index >= 15 is 0 Å². The molecular formula is C15H21BrN2O3. The van der Waals surface area contributed by atoms with Crippen molar-refractivity contribution in [2.75, 3.05) is 0 Å². The smallest absolute Gasteiger partial charge is 0.213 e. The molecule has 0 unspecified atom stereocenters. The van der Waals surface area contributed by atoms with Crippen molar-refractivity contribution >= 4 is 15.9 Å². The van der Waals surface area contributed by atoms with Crippen LogP contribution >= 0.6 is 15.9 Å². The molecule has 2 rings (SSSR count). The second kappa shape index (κ2) is 7.37. The van der Waals surface area contributed by atoms with E-state index in [9.17, 15) is 20.5 Å². The van der Waals surface area contributed by atoms with Crippen LogP contribution in [0.15, 0.2) is 11.6 Å². The van der Waals surface area contributed by atoms with Crippen LogP contribution in [0.2, 0.25) is 0 Å². The van der Waals surface area contributed by atoms with Gasteiger partial charge >= 0.3 is 0 Å². The zero-order valence-electron chi connectivity index (χ0n) is 11.9. The van der Waals surface area contributed by atoms with Crippen molar-refractivity contribution in [3.05, 3.63) is 21.8 Å². The summed E-state index contributed by atoms with van der Waals surface area (Å²) in [5.74, 6) is 0.139. The molecule has 21 heavy (non-hydrogen) atoms. The van der Waals surface area contributed by atoms with Gasteiger partial charge in [0, 0.05) is 34.1 Å². The molecule has 3 atom stereocenters. The molecule has 2 fully saturated rings. The second-order valence-corrected chi connectivity index (χ2v) is 7.46. The SMILES string of the molecule is N#C/C(=C\[C@H]1C[C@H](Br)CC[C@@H]1O)C1CCC([N+](=O)[O-])CC1. The lowest BCUT2D eigenvalue weighted by Crippen LogP contribution is -2.29. The number of allylic oxidation sites excluding steroid dienone is 1. The third-order valence-corrected chi connectivity index (χ3v) is 5.59. The lowest BCUT2D eigenvalue weighted by atomic mass is 9.78. The first-order valence-electron chi connectivity index (χ1n) is 7.58. The predicted molar refractivity (Wildman–Crippen MR) is 82.5 cm³/mol. The lowest BCUT2D eigenvalue weighted by molar-refractivity contribution is -0.526. The van der Waals surface area contributed by atoms with E-state index in [1.165, 1.54) is 0 Å². The van der Waals surface area contributed by atoms with Gasteiger partial charge in [-0.15, -0.1) is 0 Å². The van der Waals surface area contributed by atoms with E-state index in [4.69, 9.17) is 0 Å². The second-order valence-electron chi connectivity index (χ2n) is 6.17. The summed E-state index contributed by atoms with van der Waals surface area (Å²) in [4.78, 5) is 11.0. The van der Waals surface area contributed by atoms with Gasteiger partial charge in [0.25, 0.3) is 0 Å². The molecule has 1 N–H and O–H groups in total. The van der Waals surface area contributed by atoms with Crippen LogP contribution in [0.3, 0.4) is 0 Å².